The molecule has 2 atom stereocenters. The highest BCUT2D eigenvalue weighted by atomic mass is 35.5. The Morgan fingerprint density at radius 2 is 2.04 bits per heavy atom. The summed E-state index contributed by atoms with van der Waals surface area (Å²) >= 11 is 5.91. The standard InChI is InChI=1S/C20H22ClN3O2/c1-20(13-22,15-5-6-15)23-19(25)12-24(2)11-17-9-10-18(26-17)14-3-7-16(21)8-4-14/h3-4,7-10,15H,5-6,11-12H2,1-2H3,(H,23,25)/p+1/t20-/m1/s1. The molecule has 1 fully saturated rings. The number of carbonyl (C=O) groups excluding carboxylic acids is 1. The molecule has 3 rings (SSSR count). The molecular formula is C20H23ClN3O2+. The summed E-state index contributed by atoms with van der Waals surface area (Å²) in [6.07, 6.45) is 2.01. The molecule has 26 heavy (non-hydrogen) atoms. The fourth-order valence-electron chi connectivity index (χ4n) is 3.09. The third-order valence-corrected chi connectivity index (χ3v) is 5.01. The number of nitrogens with one attached hydrogen (secondary N) is 2. The van der Waals surface area contributed by atoms with Gasteiger partial charge >= 0.3 is 0 Å². The van der Waals surface area contributed by atoms with Crippen LogP contribution in [0.2, 0.25) is 5.02 Å². The van der Waals surface area contributed by atoms with Crippen LogP contribution in [-0.4, -0.2) is 25.0 Å². The van der Waals surface area contributed by atoms with Gasteiger partial charge in [-0.3, -0.25) is 4.79 Å². The van der Waals surface area contributed by atoms with Gasteiger partial charge < -0.3 is 14.6 Å². The fourth-order valence-corrected chi connectivity index (χ4v) is 3.22. The smallest absolute Gasteiger partial charge is 0.276 e. The zero-order valence-electron chi connectivity index (χ0n) is 15.0. The summed E-state index contributed by atoms with van der Waals surface area (Å²) in [6, 6.07) is 13.6. The van der Waals surface area contributed by atoms with Gasteiger partial charge in [-0.15, -0.1) is 0 Å². The van der Waals surface area contributed by atoms with Crippen molar-refractivity contribution in [2.24, 2.45) is 5.92 Å². The maximum absolute atomic E-state index is 12.3. The molecule has 0 aliphatic heterocycles. The van der Waals surface area contributed by atoms with E-state index in [4.69, 9.17) is 16.0 Å². The van der Waals surface area contributed by atoms with Crippen LogP contribution in [0.15, 0.2) is 40.8 Å². The molecule has 0 saturated heterocycles. The normalized spacial score (nSPS) is 17.2. The Morgan fingerprint density at radius 1 is 1.35 bits per heavy atom. The summed E-state index contributed by atoms with van der Waals surface area (Å²) in [4.78, 5) is 13.3. The molecule has 1 amide bonds. The molecule has 2 aromatic rings. The van der Waals surface area contributed by atoms with E-state index in [9.17, 15) is 10.1 Å². The number of carbonyl (C=O) groups is 1. The van der Waals surface area contributed by atoms with Crippen molar-refractivity contribution in [2.45, 2.75) is 31.8 Å². The van der Waals surface area contributed by atoms with Gasteiger partial charge in [-0.05, 0) is 62.1 Å². The van der Waals surface area contributed by atoms with E-state index in [1.807, 2.05) is 50.4 Å². The number of halogens is 1. The van der Waals surface area contributed by atoms with Crippen LogP contribution in [0.1, 0.15) is 25.5 Å². The van der Waals surface area contributed by atoms with Crippen LogP contribution in [0, 0.1) is 17.2 Å². The molecule has 1 aromatic heterocycles. The van der Waals surface area contributed by atoms with E-state index in [0.29, 0.717) is 18.1 Å². The molecule has 0 bridgehead atoms. The minimum Gasteiger partial charge on any atom is -0.455 e. The lowest BCUT2D eigenvalue weighted by Crippen LogP contribution is -3.09. The van der Waals surface area contributed by atoms with Crippen LogP contribution in [0.4, 0.5) is 0 Å². The minimum absolute atomic E-state index is 0.108. The third kappa shape index (κ3) is 4.46. The van der Waals surface area contributed by atoms with E-state index in [1.54, 1.807) is 0 Å². The van der Waals surface area contributed by atoms with Gasteiger partial charge in [-0.1, -0.05) is 11.6 Å². The number of nitriles is 1. The maximum Gasteiger partial charge on any atom is 0.276 e. The molecule has 136 valence electrons. The van der Waals surface area contributed by atoms with Gasteiger partial charge in [0.05, 0.1) is 13.1 Å². The molecule has 1 aromatic carbocycles. The summed E-state index contributed by atoms with van der Waals surface area (Å²) in [5.41, 5.74) is 0.217. The summed E-state index contributed by atoms with van der Waals surface area (Å²) in [5, 5.41) is 12.9. The number of quaternary nitrogens is 1. The lowest BCUT2D eigenvalue weighted by atomic mass is 9.98. The lowest BCUT2D eigenvalue weighted by molar-refractivity contribution is -0.886. The van der Waals surface area contributed by atoms with Gasteiger partial charge in [0, 0.05) is 10.6 Å². The van der Waals surface area contributed by atoms with Crippen molar-refractivity contribution >= 4 is 17.5 Å². The highest BCUT2D eigenvalue weighted by molar-refractivity contribution is 6.30. The van der Waals surface area contributed by atoms with Gasteiger partial charge in [0.25, 0.3) is 5.91 Å². The Morgan fingerprint density at radius 3 is 2.65 bits per heavy atom. The van der Waals surface area contributed by atoms with E-state index < -0.39 is 5.54 Å². The van der Waals surface area contributed by atoms with Gasteiger partial charge in [0.1, 0.15) is 17.8 Å². The first-order valence-corrected chi connectivity index (χ1v) is 9.15. The first-order valence-electron chi connectivity index (χ1n) is 8.78. The molecule has 1 aliphatic carbocycles. The zero-order valence-corrected chi connectivity index (χ0v) is 15.8. The van der Waals surface area contributed by atoms with E-state index in [1.165, 1.54) is 0 Å². The number of likely N-dealkylation sites (N-methyl/N-ethyl adjacent to an activating group) is 1. The molecule has 2 N–H and O–H groups in total. The van der Waals surface area contributed by atoms with E-state index in [0.717, 1.165) is 34.8 Å². The molecule has 1 unspecified atom stereocenters. The van der Waals surface area contributed by atoms with Crippen LogP contribution in [-0.2, 0) is 11.3 Å². The summed E-state index contributed by atoms with van der Waals surface area (Å²) < 4.78 is 5.88. The second kappa shape index (κ2) is 7.53. The molecule has 0 radical (unpaired) electrons. The molecule has 0 spiro atoms. The second-order valence-electron chi connectivity index (χ2n) is 7.22. The highest BCUT2D eigenvalue weighted by Crippen LogP contribution is 2.39. The van der Waals surface area contributed by atoms with Crippen LogP contribution < -0.4 is 10.2 Å². The minimum atomic E-state index is -0.746. The van der Waals surface area contributed by atoms with Gasteiger partial charge in [-0.2, -0.15) is 5.26 Å². The number of benzene rings is 1. The Balaban J connectivity index is 1.55. The van der Waals surface area contributed by atoms with Crippen LogP contribution in [0.5, 0.6) is 0 Å². The Kier molecular flexibility index (Phi) is 5.36. The average molecular weight is 373 g/mol. The number of hydrogen-bond donors (Lipinski definition) is 2. The SMILES string of the molecule is C[NH+](CC(=O)N[C@](C)(C#N)C1CC1)Cc1ccc(-c2ccc(Cl)cc2)o1. The Labute approximate surface area is 158 Å². The first-order chi connectivity index (χ1) is 12.4. The summed E-state index contributed by atoms with van der Waals surface area (Å²) in [7, 11) is 1.94. The van der Waals surface area contributed by atoms with Gasteiger partial charge in [0.15, 0.2) is 12.3 Å². The third-order valence-electron chi connectivity index (χ3n) is 4.75. The summed E-state index contributed by atoms with van der Waals surface area (Å²) in [6.45, 7) is 2.69. The predicted octanol–water partition coefficient (Wildman–Crippen LogP) is 2.42. The topological polar surface area (TPSA) is 70.5 Å². The lowest BCUT2D eigenvalue weighted by Gasteiger charge is -2.23. The number of rotatable bonds is 7. The second-order valence-corrected chi connectivity index (χ2v) is 7.66. The molecule has 1 saturated carbocycles. The van der Waals surface area contributed by atoms with Crippen molar-refractivity contribution in [2.75, 3.05) is 13.6 Å². The van der Waals surface area contributed by atoms with Crippen molar-refractivity contribution in [1.82, 2.24) is 5.32 Å². The molecule has 5 nitrogen and oxygen atoms in total. The highest BCUT2D eigenvalue weighted by Gasteiger charge is 2.43. The van der Waals surface area contributed by atoms with Gasteiger partial charge in [0.2, 0.25) is 0 Å². The van der Waals surface area contributed by atoms with Crippen molar-refractivity contribution in [3.8, 4) is 17.4 Å². The van der Waals surface area contributed by atoms with E-state index >= 15 is 0 Å². The van der Waals surface area contributed by atoms with Crippen LogP contribution in [0.25, 0.3) is 11.3 Å². The molecule has 1 aliphatic rings. The zero-order chi connectivity index (χ0) is 18.7. The monoisotopic (exact) mass is 372 g/mol. The molecule has 6 heteroatoms. The number of nitrogens with zero attached hydrogens (tertiary/aromatic N) is 1. The predicted molar refractivity (Wildman–Crippen MR) is 99.5 cm³/mol. The molecule has 1 heterocycles. The van der Waals surface area contributed by atoms with Crippen LogP contribution in [0.3, 0.4) is 0 Å². The Hall–Kier alpha value is -2.29. The van der Waals surface area contributed by atoms with Crippen molar-refractivity contribution in [3.63, 3.8) is 0 Å². The first kappa shape index (κ1) is 18.5. The fraction of sp³-hybridized carbons (Fsp3) is 0.400. The van der Waals surface area contributed by atoms with Crippen molar-refractivity contribution < 1.29 is 14.1 Å². The van der Waals surface area contributed by atoms with Crippen molar-refractivity contribution in [3.05, 3.63) is 47.2 Å². The Bertz CT molecular complexity index is 820. The van der Waals surface area contributed by atoms with Crippen LogP contribution >= 0.6 is 11.6 Å². The number of amides is 1. The van der Waals surface area contributed by atoms with E-state index in [2.05, 4.69) is 11.4 Å². The van der Waals surface area contributed by atoms with Gasteiger partial charge in [-0.25, -0.2) is 0 Å². The largest absolute Gasteiger partial charge is 0.455 e. The quantitative estimate of drug-likeness (QED) is 0.784. The van der Waals surface area contributed by atoms with E-state index in [-0.39, 0.29) is 11.8 Å². The van der Waals surface area contributed by atoms with Crippen molar-refractivity contribution in [1.29, 1.82) is 5.26 Å². The molecular weight excluding hydrogens is 350 g/mol. The average Bonchev–Trinajstić information content (AvgIpc) is 3.36. The summed E-state index contributed by atoms with van der Waals surface area (Å²) in [5.74, 6) is 1.76. The maximum atomic E-state index is 12.3. The number of furan rings is 1. The number of hydrogen-bond acceptors (Lipinski definition) is 3.